The lowest BCUT2D eigenvalue weighted by Gasteiger charge is -2.41. The van der Waals surface area contributed by atoms with Crippen LogP contribution in [-0.2, 0) is 16.4 Å². The molecule has 0 radical (unpaired) electrons. The molecule has 1 saturated heterocycles. The molecule has 1 unspecified atom stereocenters. The zero-order chi connectivity index (χ0) is 30.6. The first-order chi connectivity index (χ1) is 21.9. The number of hydrogen-bond acceptors (Lipinski definition) is 2. The Labute approximate surface area is 258 Å². The molecule has 6 aromatic rings. The van der Waals surface area contributed by atoms with Crippen LogP contribution in [0.25, 0.3) is 10.8 Å². The first kappa shape index (κ1) is 27.4. The molecule has 0 aliphatic carbocycles. The van der Waals surface area contributed by atoms with Crippen molar-refractivity contribution in [1.82, 2.24) is 0 Å². The third-order valence-corrected chi connectivity index (χ3v) is 9.15. The molecule has 2 atom stereocenters. The Hall–Kier alpha value is -5.14. The van der Waals surface area contributed by atoms with Gasteiger partial charge in [0.2, 0.25) is 0 Å². The van der Waals surface area contributed by atoms with Crippen LogP contribution in [0.15, 0.2) is 152 Å². The van der Waals surface area contributed by atoms with Crippen LogP contribution in [0.5, 0.6) is 5.75 Å². The summed E-state index contributed by atoms with van der Waals surface area (Å²) in [5.41, 5.74) is 2.53. The highest BCUT2D eigenvalue weighted by molar-refractivity contribution is 6.76. The van der Waals surface area contributed by atoms with Crippen LogP contribution < -0.4 is 10.1 Å². The summed E-state index contributed by atoms with van der Waals surface area (Å²) in [5.74, 6) is 0.605. The van der Waals surface area contributed by atoms with Gasteiger partial charge in [0.25, 0.3) is 0 Å². The minimum atomic E-state index is -4.48. The average molecular weight is 597 g/mol. The first-order valence-corrected chi connectivity index (χ1v) is 14.9. The van der Waals surface area contributed by atoms with Crippen LogP contribution >= 0.6 is 0 Å². The van der Waals surface area contributed by atoms with E-state index >= 15 is 0 Å². The lowest BCUT2D eigenvalue weighted by atomic mass is 9.60. The van der Waals surface area contributed by atoms with Crippen molar-refractivity contribution in [2.75, 3.05) is 0 Å². The van der Waals surface area contributed by atoms with Gasteiger partial charge < -0.3 is 13.8 Å². The van der Waals surface area contributed by atoms with Crippen LogP contribution in [-0.4, -0.2) is 17.4 Å². The summed E-state index contributed by atoms with van der Waals surface area (Å²) < 4.78 is 57.8. The van der Waals surface area contributed by atoms with Crippen LogP contribution in [0.3, 0.4) is 0 Å². The van der Waals surface area contributed by atoms with Crippen molar-refractivity contribution in [2.24, 2.45) is 0 Å². The van der Waals surface area contributed by atoms with E-state index < -0.39 is 30.1 Å². The highest BCUT2D eigenvalue weighted by Gasteiger charge is 2.69. The molecule has 0 spiro atoms. The summed E-state index contributed by atoms with van der Waals surface area (Å²) in [6.07, 6.45) is -2.99. The monoisotopic (exact) mass is 597 g/mol. The molecule has 220 valence electrons. The Bertz CT molecular complexity index is 2010. The molecule has 6 aromatic carbocycles. The van der Waals surface area contributed by atoms with E-state index in [1.807, 2.05) is 91.0 Å². The second kappa shape index (κ2) is 10.2. The van der Waals surface area contributed by atoms with E-state index in [1.54, 1.807) is 0 Å². The van der Waals surface area contributed by atoms with E-state index in [9.17, 15) is 13.2 Å². The molecule has 2 heterocycles. The van der Waals surface area contributed by atoms with Crippen LogP contribution in [0.4, 0.5) is 13.2 Å². The second-order valence-electron chi connectivity index (χ2n) is 11.6. The van der Waals surface area contributed by atoms with E-state index in [4.69, 9.17) is 9.31 Å². The van der Waals surface area contributed by atoms with Gasteiger partial charge in [0.1, 0.15) is 12.3 Å². The van der Waals surface area contributed by atoms with E-state index in [0.29, 0.717) is 11.2 Å². The van der Waals surface area contributed by atoms with Crippen LogP contribution in [0, 0.1) is 0 Å². The van der Waals surface area contributed by atoms with E-state index in [2.05, 4.69) is 47.1 Å². The Morgan fingerprint density at radius 2 is 1.20 bits per heavy atom. The Kier molecular flexibility index (Phi) is 6.22. The third kappa shape index (κ3) is 4.15. The number of rotatable bonds is 4. The predicted octanol–water partition coefficient (Wildman–Crippen LogP) is 8.24. The third-order valence-electron chi connectivity index (χ3n) is 9.15. The van der Waals surface area contributed by atoms with Crippen molar-refractivity contribution in [2.45, 2.75) is 17.8 Å². The molecule has 8 rings (SSSR count). The second-order valence-corrected chi connectivity index (χ2v) is 11.6. The number of alkyl halides is 3. The fourth-order valence-corrected chi connectivity index (χ4v) is 7.18. The van der Waals surface area contributed by atoms with Gasteiger partial charge in [0, 0.05) is 11.1 Å². The fraction of sp³-hybridized carbons (Fsp3) is 0.0789. The standard InChI is InChI=1S/C38H27BF3NO2/c40-38(41,42)31-21-23-32(24-22-31)39-43(26-34-33-19-11-10-12-27(33)20-25-35(34)44-39)37(29-15-6-2-7-16-29,30-17-8-3-9-18-30)36(45-39)28-13-4-1-5-14-28/h1-26,36H/t36-,39?/m1/s1. The van der Waals surface area contributed by atoms with Gasteiger partial charge in [-0.1, -0.05) is 151 Å². The number of halogens is 3. The van der Waals surface area contributed by atoms with Gasteiger partial charge in [-0.15, -0.1) is 0 Å². The number of benzene rings is 6. The lowest BCUT2D eigenvalue weighted by molar-refractivity contribution is -0.489. The van der Waals surface area contributed by atoms with Gasteiger partial charge in [0.15, 0.2) is 5.54 Å². The summed E-state index contributed by atoms with van der Waals surface area (Å²) >= 11 is 0. The first-order valence-electron chi connectivity index (χ1n) is 14.9. The summed E-state index contributed by atoms with van der Waals surface area (Å²) in [5, 5.41) is 2.06. The molecule has 0 amide bonds. The molecule has 7 heteroatoms. The number of hydrogen-bond donors (Lipinski definition) is 0. The SMILES string of the molecule is FC(F)(F)c1ccc([B-]23Oc4ccc5ccccc5c4C=[N+]2C(c2ccccc2)(c2ccccc2)[C@@H](c2ccccc2)O3)cc1. The molecule has 2 aliphatic heterocycles. The lowest BCUT2D eigenvalue weighted by Crippen LogP contribution is -2.66. The average Bonchev–Trinajstić information content (AvgIpc) is 3.40. The summed E-state index contributed by atoms with van der Waals surface area (Å²) in [6, 6.07) is 47.5. The summed E-state index contributed by atoms with van der Waals surface area (Å²) in [6.45, 7) is -2.59. The Morgan fingerprint density at radius 1 is 0.622 bits per heavy atom. The van der Waals surface area contributed by atoms with Crippen molar-refractivity contribution in [3.63, 3.8) is 0 Å². The highest BCUT2D eigenvalue weighted by atomic mass is 19.4. The van der Waals surface area contributed by atoms with Gasteiger partial charge in [-0.2, -0.15) is 13.2 Å². The van der Waals surface area contributed by atoms with Crippen molar-refractivity contribution >= 4 is 29.1 Å². The van der Waals surface area contributed by atoms with Gasteiger partial charge in [-0.25, -0.2) is 0 Å². The van der Waals surface area contributed by atoms with Crippen molar-refractivity contribution in [3.8, 4) is 5.75 Å². The zero-order valence-corrected chi connectivity index (χ0v) is 24.1. The maximum Gasteiger partial charge on any atom is 0.626 e. The van der Waals surface area contributed by atoms with E-state index in [1.165, 1.54) is 12.1 Å². The van der Waals surface area contributed by atoms with E-state index in [0.717, 1.165) is 45.2 Å². The van der Waals surface area contributed by atoms with Crippen LogP contribution in [0.2, 0.25) is 0 Å². The minimum Gasteiger partial charge on any atom is -0.630 e. The minimum absolute atomic E-state index is 0.507. The zero-order valence-electron chi connectivity index (χ0n) is 24.1. The molecule has 0 N–H and O–H groups in total. The Morgan fingerprint density at radius 3 is 1.82 bits per heavy atom. The summed E-state index contributed by atoms with van der Waals surface area (Å²) in [4.78, 5) is 0. The molecular weight excluding hydrogens is 570 g/mol. The normalized spacial score (nSPS) is 20.2. The van der Waals surface area contributed by atoms with Crippen molar-refractivity contribution < 1.29 is 27.0 Å². The molecule has 0 saturated carbocycles. The fourth-order valence-electron chi connectivity index (χ4n) is 7.18. The molecule has 0 bridgehead atoms. The molecule has 0 aromatic heterocycles. The topological polar surface area (TPSA) is 21.5 Å². The van der Waals surface area contributed by atoms with Gasteiger partial charge in [-0.05, 0) is 22.4 Å². The summed E-state index contributed by atoms with van der Waals surface area (Å²) in [7, 11) is 0. The quantitative estimate of drug-likeness (QED) is 0.191. The van der Waals surface area contributed by atoms with Crippen LogP contribution in [0.1, 0.15) is 33.9 Å². The number of nitrogens with zero attached hydrogens (tertiary/aromatic N) is 1. The smallest absolute Gasteiger partial charge is 0.626 e. The largest absolute Gasteiger partial charge is 0.630 e. The molecule has 2 aliphatic rings. The molecular formula is C38H27BF3NO2. The number of fused-ring (bicyclic) bond motifs is 4. The van der Waals surface area contributed by atoms with Crippen molar-refractivity contribution in [3.05, 3.63) is 179 Å². The maximum absolute atomic E-state index is 13.7. The van der Waals surface area contributed by atoms with Gasteiger partial charge in [0.05, 0.1) is 16.9 Å². The predicted molar refractivity (Wildman–Crippen MR) is 171 cm³/mol. The Balaban J connectivity index is 1.51. The van der Waals surface area contributed by atoms with E-state index in [-0.39, 0.29) is 0 Å². The maximum atomic E-state index is 13.7. The molecule has 1 fully saturated rings. The van der Waals surface area contributed by atoms with Crippen molar-refractivity contribution in [1.29, 1.82) is 0 Å². The molecule has 3 nitrogen and oxygen atoms in total. The molecule has 45 heavy (non-hydrogen) atoms. The van der Waals surface area contributed by atoms with Gasteiger partial charge >= 0.3 is 12.9 Å². The van der Waals surface area contributed by atoms with Gasteiger partial charge in [-0.3, -0.25) is 0 Å². The highest BCUT2D eigenvalue weighted by Crippen LogP contribution is 2.55.